The van der Waals surface area contributed by atoms with Crippen LogP contribution in [0.5, 0.6) is 0 Å². The molecule has 0 bridgehead atoms. The first-order valence-corrected chi connectivity index (χ1v) is 7.45. The number of rotatable bonds is 2. The normalized spacial score (nSPS) is 13.8. The zero-order valence-electron chi connectivity index (χ0n) is 11.0. The largest absolute Gasteiger partial charge is 0.315 e. The van der Waals surface area contributed by atoms with E-state index < -0.39 is 0 Å². The Hall–Kier alpha value is -1.74. The monoisotopic (exact) mass is 269 g/mol. The summed E-state index contributed by atoms with van der Waals surface area (Å²) < 4.78 is 0. The van der Waals surface area contributed by atoms with Gasteiger partial charge >= 0.3 is 0 Å². The maximum Gasteiger partial charge on any atom is 0.231 e. The topological polar surface area (TPSA) is 20.3 Å². The number of hydrogen-bond acceptors (Lipinski definition) is 2. The highest BCUT2D eigenvalue weighted by atomic mass is 32.2. The Balaban J connectivity index is 2.03. The summed E-state index contributed by atoms with van der Waals surface area (Å²) in [6, 6.07) is 14.8. The van der Waals surface area contributed by atoms with Crippen LogP contribution in [0.1, 0.15) is 5.56 Å². The molecular weight excluding hydrogens is 254 g/mol. The van der Waals surface area contributed by atoms with E-state index in [0.29, 0.717) is 6.42 Å². The van der Waals surface area contributed by atoms with Crippen LogP contribution in [0, 0.1) is 0 Å². The van der Waals surface area contributed by atoms with Gasteiger partial charge < -0.3 is 4.90 Å². The van der Waals surface area contributed by atoms with E-state index in [1.807, 2.05) is 13.1 Å². The van der Waals surface area contributed by atoms with Crippen LogP contribution >= 0.6 is 11.8 Å². The van der Waals surface area contributed by atoms with Crippen LogP contribution in [-0.4, -0.2) is 19.2 Å². The first kappa shape index (κ1) is 12.3. The predicted molar refractivity (Wildman–Crippen MR) is 80.8 cm³/mol. The summed E-state index contributed by atoms with van der Waals surface area (Å²) in [5.41, 5.74) is 4.55. The van der Waals surface area contributed by atoms with Gasteiger partial charge in [-0.3, -0.25) is 4.79 Å². The van der Waals surface area contributed by atoms with Crippen LogP contribution in [0.4, 0.5) is 5.69 Å². The fourth-order valence-corrected chi connectivity index (χ4v) is 2.91. The average molecular weight is 269 g/mol. The van der Waals surface area contributed by atoms with Crippen molar-refractivity contribution >= 4 is 23.4 Å². The lowest BCUT2D eigenvalue weighted by Crippen LogP contribution is -2.20. The van der Waals surface area contributed by atoms with Crippen LogP contribution in [-0.2, 0) is 11.2 Å². The van der Waals surface area contributed by atoms with E-state index >= 15 is 0 Å². The predicted octanol–water partition coefficient (Wildman–Crippen LogP) is 3.59. The molecule has 1 heterocycles. The summed E-state index contributed by atoms with van der Waals surface area (Å²) in [5.74, 6) is 0.171. The lowest BCUT2D eigenvalue weighted by atomic mass is 10.0. The second kappa shape index (κ2) is 4.74. The Morgan fingerprint density at radius 2 is 1.89 bits per heavy atom. The Labute approximate surface area is 117 Å². The first-order valence-electron chi connectivity index (χ1n) is 6.23. The lowest BCUT2D eigenvalue weighted by molar-refractivity contribution is -0.117. The zero-order chi connectivity index (χ0) is 13.4. The molecule has 2 nitrogen and oxygen atoms in total. The lowest BCUT2D eigenvalue weighted by Gasteiger charge is -2.11. The van der Waals surface area contributed by atoms with Crippen molar-refractivity contribution in [3.05, 3.63) is 48.0 Å². The van der Waals surface area contributed by atoms with Gasteiger partial charge in [0.05, 0.1) is 6.42 Å². The molecule has 0 saturated carbocycles. The van der Waals surface area contributed by atoms with Crippen molar-refractivity contribution in [3.63, 3.8) is 0 Å². The van der Waals surface area contributed by atoms with E-state index in [1.54, 1.807) is 16.7 Å². The number of nitrogens with zero attached hydrogens (tertiary/aromatic N) is 1. The number of carbonyl (C=O) groups excluding carboxylic acids is 1. The van der Waals surface area contributed by atoms with Crippen LogP contribution in [0.15, 0.2) is 47.4 Å². The maximum absolute atomic E-state index is 11.7. The third kappa shape index (κ3) is 2.15. The molecule has 3 heteroatoms. The minimum atomic E-state index is 0.171. The molecule has 0 atom stereocenters. The highest BCUT2D eigenvalue weighted by Gasteiger charge is 2.23. The minimum absolute atomic E-state index is 0.171. The van der Waals surface area contributed by atoms with Gasteiger partial charge in [0.2, 0.25) is 5.91 Å². The summed E-state index contributed by atoms with van der Waals surface area (Å²) in [7, 11) is 1.84. The van der Waals surface area contributed by atoms with Crippen molar-refractivity contribution in [2.75, 3.05) is 18.2 Å². The van der Waals surface area contributed by atoms with Crippen LogP contribution in [0.25, 0.3) is 11.1 Å². The zero-order valence-corrected chi connectivity index (χ0v) is 11.8. The molecule has 0 unspecified atom stereocenters. The molecule has 3 rings (SSSR count). The molecule has 2 aromatic carbocycles. The molecule has 0 saturated heterocycles. The molecule has 19 heavy (non-hydrogen) atoms. The van der Waals surface area contributed by atoms with Gasteiger partial charge in [0.1, 0.15) is 0 Å². The van der Waals surface area contributed by atoms with Crippen molar-refractivity contribution in [2.45, 2.75) is 11.3 Å². The van der Waals surface area contributed by atoms with Crippen LogP contribution < -0.4 is 4.90 Å². The van der Waals surface area contributed by atoms with Gasteiger partial charge in [0.15, 0.2) is 0 Å². The van der Waals surface area contributed by atoms with Gasteiger partial charge in [-0.15, -0.1) is 11.8 Å². The van der Waals surface area contributed by atoms with Crippen molar-refractivity contribution < 1.29 is 4.79 Å². The Morgan fingerprint density at radius 1 is 1.11 bits per heavy atom. The molecule has 1 aliphatic heterocycles. The van der Waals surface area contributed by atoms with Crippen molar-refractivity contribution in [2.24, 2.45) is 0 Å². The second-order valence-corrected chi connectivity index (χ2v) is 5.58. The highest BCUT2D eigenvalue weighted by Crippen LogP contribution is 2.32. The SMILES string of the molecule is CSc1cccc(-c2ccc3c(c2)CC(=O)N3C)c1. The van der Waals surface area contributed by atoms with Crippen LogP contribution in [0.2, 0.25) is 0 Å². The van der Waals surface area contributed by atoms with E-state index in [-0.39, 0.29) is 5.91 Å². The van der Waals surface area contributed by atoms with Gasteiger partial charge in [-0.2, -0.15) is 0 Å². The summed E-state index contributed by atoms with van der Waals surface area (Å²) in [6.07, 6.45) is 2.59. The summed E-state index contributed by atoms with van der Waals surface area (Å²) in [4.78, 5) is 14.7. The quantitative estimate of drug-likeness (QED) is 0.776. The molecule has 0 spiro atoms. The van der Waals surface area contributed by atoms with Gasteiger partial charge in [0, 0.05) is 17.6 Å². The van der Waals surface area contributed by atoms with E-state index in [9.17, 15) is 4.79 Å². The number of anilines is 1. The van der Waals surface area contributed by atoms with Crippen LogP contribution in [0.3, 0.4) is 0 Å². The van der Waals surface area contributed by atoms with E-state index in [4.69, 9.17) is 0 Å². The summed E-state index contributed by atoms with van der Waals surface area (Å²) >= 11 is 1.74. The summed E-state index contributed by atoms with van der Waals surface area (Å²) in [5, 5.41) is 0. The smallest absolute Gasteiger partial charge is 0.231 e. The standard InChI is InChI=1S/C16H15NOS/c1-17-15-7-6-12(8-13(15)10-16(17)18)11-4-3-5-14(9-11)19-2/h3-9H,10H2,1-2H3. The summed E-state index contributed by atoms with van der Waals surface area (Å²) in [6.45, 7) is 0. The number of likely N-dealkylation sites (N-methyl/N-ethyl adjacent to an activating group) is 1. The fraction of sp³-hybridized carbons (Fsp3) is 0.188. The molecule has 0 aliphatic carbocycles. The third-order valence-electron chi connectivity index (χ3n) is 3.56. The van der Waals surface area contributed by atoms with Crippen molar-refractivity contribution in [3.8, 4) is 11.1 Å². The number of thioether (sulfide) groups is 1. The first-order chi connectivity index (χ1) is 9.19. The van der Waals surface area contributed by atoms with Gasteiger partial charge in [-0.05, 0) is 47.2 Å². The van der Waals surface area contributed by atoms with Gasteiger partial charge in [-0.25, -0.2) is 0 Å². The number of benzene rings is 2. The molecule has 96 valence electrons. The molecular formula is C16H15NOS. The maximum atomic E-state index is 11.7. The van der Waals surface area contributed by atoms with Gasteiger partial charge in [0.25, 0.3) is 0 Å². The Bertz CT molecular complexity index is 651. The Kier molecular flexibility index (Phi) is 3.07. The second-order valence-electron chi connectivity index (χ2n) is 4.70. The molecule has 0 radical (unpaired) electrons. The number of hydrogen-bond donors (Lipinski definition) is 0. The van der Waals surface area contributed by atoms with Crippen molar-refractivity contribution in [1.29, 1.82) is 0 Å². The molecule has 0 fully saturated rings. The number of fused-ring (bicyclic) bond motifs is 1. The molecule has 1 aliphatic rings. The fourth-order valence-electron chi connectivity index (χ4n) is 2.45. The third-order valence-corrected chi connectivity index (χ3v) is 4.29. The van der Waals surface area contributed by atoms with E-state index in [1.165, 1.54) is 16.0 Å². The number of carbonyl (C=O) groups is 1. The molecule has 0 aromatic heterocycles. The number of amides is 1. The van der Waals surface area contributed by atoms with E-state index in [0.717, 1.165) is 11.3 Å². The Morgan fingerprint density at radius 3 is 2.68 bits per heavy atom. The average Bonchev–Trinajstić information content (AvgIpc) is 2.73. The molecule has 0 N–H and O–H groups in total. The van der Waals surface area contributed by atoms with Crippen molar-refractivity contribution in [1.82, 2.24) is 0 Å². The minimum Gasteiger partial charge on any atom is -0.315 e. The van der Waals surface area contributed by atoms with Gasteiger partial charge in [-0.1, -0.05) is 18.2 Å². The van der Waals surface area contributed by atoms with E-state index in [2.05, 4.69) is 42.7 Å². The molecule has 1 amide bonds. The molecule has 2 aromatic rings. The highest BCUT2D eigenvalue weighted by molar-refractivity contribution is 7.98.